The third kappa shape index (κ3) is 4.18. The average Bonchev–Trinajstić information content (AvgIpc) is 2.74. The van der Waals surface area contributed by atoms with Gasteiger partial charge in [-0.3, -0.25) is 29.5 Å². The van der Waals surface area contributed by atoms with Crippen molar-refractivity contribution in [2.75, 3.05) is 28.6 Å². The van der Waals surface area contributed by atoms with Gasteiger partial charge in [-0.1, -0.05) is 6.92 Å². The number of rotatable bonds is 4. The van der Waals surface area contributed by atoms with Crippen molar-refractivity contribution in [1.29, 1.82) is 0 Å². The van der Waals surface area contributed by atoms with Crippen LogP contribution < -0.4 is 21.1 Å². The minimum absolute atomic E-state index is 0.0944. The lowest BCUT2D eigenvalue weighted by atomic mass is 9.92. The zero-order valence-electron chi connectivity index (χ0n) is 17.8. The van der Waals surface area contributed by atoms with Crippen LogP contribution in [0.5, 0.6) is 0 Å². The van der Waals surface area contributed by atoms with Crippen molar-refractivity contribution in [1.82, 2.24) is 9.97 Å². The highest BCUT2D eigenvalue weighted by Gasteiger charge is 2.35. The Morgan fingerprint density at radius 1 is 1.34 bits per heavy atom. The molecule has 1 aromatic carbocycles. The van der Waals surface area contributed by atoms with Gasteiger partial charge in [-0.25, -0.2) is 0 Å². The molecule has 0 radical (unpaired) electrons. The number of nitrogens with one attached hydrogen (secondary N) is 3. The number of carbonyl (C=O) groups excluding carboxylic acids is 2. The summed E-state index contributed by atoms with van der Waals surface area (Å²) in [4.78, 5) is 57.9. The summed E-state index contributed by atoms with van der Waals surface area (Å²) in [6.45, 7) is 5.26. The smallest absolute Gasteiger partial charge is 0.269 e. The number of nitrogens with zero attached hydrogens (tertiary/aromatic N) is 3. The van der Waals surface area contributed by atoms with Crippen molar-refractivity contribution < 1.29 is 14.5 Å². The lowest BCUT2D eigenvalue weighted by molar-refractivity contribution is -0.384. The van der Waals surface area contributed by atoms with Gasteiger partial charge in [-0.15, -0.1) is 0 Å². The lowest BCUT2D eigenvalue weighted by Gasteiger charge is -2.32. The summed E-state index contributed by atoms with van der Waals surface area (Å²) in [7, 11) is 0. The van der Waals surface area contributed by atoms with E-state index < -0.39 is 28.2 Å². The maximum atomic E-state index is 13.0. The van der Waals surface area contributed by atoms with Crippen LogP contribution >= 0.6 is 0 Å². The number of benzene rings is 1. The number of carbonyl (C=O) groups is 2. The molecule has 2 aliphatic heterocycles. The molecule has 2 aliphatic rings. The van der Waals surface area contributed by atoms with E-state index in [2.05, 4.69) is 27.5 Å². The van der Waals surface area contributed by atoms with Gasteiger partial charge in [-0.2, -0.15) is 4.98 Å². The topological polar surface area (TPSA) is 150 Å². The standard InChI is InChI=1S/C21H24N6O5/c1-11-4-3-7-26(10-11)21-24-18-17(20(30)25-21)14(9-16(28)23-18)19(29)22-15-6-5-13(27(31)32)8-12(15)2/h5-6,8,11,14H,3-4,7,9-10H2,1-2H3,(H,22,29)(H2,23,24,25,28,30)/t11-,14-/m1/s1. The number of aromatic nitrogens is 2. The summed E-state index contributed by atoms with van der Waals surface area (Å²) in [5.74, 6) is -1.05. The van der Waals surface area contributed by atoms with Crippen LogP contribution in [-0.4, -0.2) is 39.8 Å². The molecule has 4 rings (SSSR count). The maximum Gasteiger partial charge on any atom is 0.269 e. The number of amides is 2. The molecule has 3 N–H and O–H groups in total. The molecule has 0 spiro atoms. The second-order valence-corrected chi connectivity index (χ2v) is 8.40. The molecule has 2 atom stereocenters. The highest BCUT2D eigenvalue weighted by atomic mass is 16.6. The van der Waals surface area contributed by atoms with Crippen LogP contribution in [0, 0.1) is 23.0 Å². The highest BCUT2D eigenvalue weighted by molar-refractivity contribution is 6.04. The van der Waals surface area contributed by atoms with Gasteiger partial charge in [0.15, 0.2) is 0 Å². The predicted octanol–water partition coefficient (Wildman–Crippen LogP) is 2.29. The molecule has 3 heterocycles. The zero-order chi connectivity index (χ0) is 23.0. The minimum Gasteiger partial charge on any atom is -0.342 e. The second-order valence-electron chi connectivity index (χ2n) is 8.40. The van der Waals surface area contributed by atoms with Crippen LogP contribution in [0.25, 0.3) is 0 Å². The van der Waals surface area contributed by atoms with Gasteiger partial charge in [0.2, 0.25) is 17.8 Å². The Morgan fingerprint density at radius 3 is 2.81 bits per heavy atom. The number of nitro groups is 1. The molecular formula is C21H24N6O5. The van der Waals surface area contributed by atoms with Gasteiger partial charge < -0.3 is 15.5 Å². The first kappa shape index (κ1) is 21.5. The SMILES string of the molecule is Cc1cc([N+](=O)[O-])ccc1NC(=O)[C@@H]1CC(=O)Nc2nc(N3CCC[C@@H](C)C3)[nH]c(=O)c21. The van der Waals surface area contributed by atoms with Gasteiger partial charge in [0.05, 0.1) is 16.4 Å². The van der Waals surface area contributed by atoms with Crippen LogP contribution in [0.15, 0.2) is 23.0 Å². The van der Waals surface area contributed by atoms with E-state index in [-0.39, 0.29) is 23.5 Å². The first-order valence-corrected chi connectivity index (χ1v) is 10.5. The molecule has 1 saturated heterocycles. The Hall–Kier alpha value is -3.76. The summed E-state index contributed by atoms with van der Waals surface area (Å²) in [5, 5.41) is 16.2. The van der Waals surface area contributed by atoms with E-state index in [9.17, 15) is 24.5 Å². The van der Waals surface area contributed by atoms with Crippen LogP contribution in [0.2, 0.25) is 0 Å². The molecule has 1 aromatic heterocycles. The van der Waals surface area contributed by atoms with Gasteiger partial charge in [-0.05, 0) is 37.3 Å². The van der Waals surface area contributed by atoms with E-state index in [1.54, 1.807) is 6.92 Å². The van der Waals surface area contributed by atoms with E-state index in [1.807, 2.05) is 4.90 Å². The van der Waals surface area contributed by atoms with E-state index >= 15 is 0 Å². The molecule has 32 heavy (non-hydrogen) atoms. The van der Waals surface area contributed by atoms with Crippen LogP contribution in [0.3, 0.4) is 0 Å². The number of anilines is 3. The average molecular weight is 440 g/mol. The molecule has 11 heteroatoms. The monoisotopic (exact) mass is 440 g/mol. The van der Waals surface area contributed by atoms with E-state index in [1.165, 1.54) is 18.2 Å². The molecule has 0 saturated carbocycles. The highest BCUT2D eigenvalue weighted by Crippen LogP contribution is 2.31. The van der Waals surface area contributed by atoms with Gasteiger partial charge >= 0.3 is 0 Å². The zero-order valence-corrected chi connectivity index (χ0v) is 17.8. The van der Waals surface area contributed by atoms with Crippen molar-refractivity contribution >= 4 is 35.0 Å². The minimum atomic E-state index is -1.03. The number of fused-ring (bicyclic) bond motifs is 1. The Morgan fingerprint density at radius 2 is 2.12 bits per heavy atom. The third-order valence-electron chi connectivity index (χ3n) is 5.89. The third-order valence-corrected chi connectivity index (χ3v) is 5.89. The van der Waals surface area contributed by atoms with Crippen molar-refractivity contribution in [3.63, 3.8) is 0 Å². The molecule has 168 valence electrons. The Balaban J connectivity index is 1.63. The molecular weight excluding hydrogens is 416 g/mol. The summed E-state index contributed by atoms with van der Waals surface area (Å²) in [6, 6.07) is 4.06. The Labute approximate surface area is 183 Å². The molecule has 2 amide bonds. The fraction of sp³-hybridized carbons (Fsp3) is 0.429. The number of non-ortho nitro benzene ring substituents is 1. The summed E-state index contributed by atoms with van der Waals surface area (Å²) in [5.41, 5.74) is 0.411. The van der Waals surface area contributed by atoms with Crippen molar-refractivity contribution in [2.24, 2.45) is 5.92 Å². The fourth-order valence-corrected chi connectivity index (χ4v) is 4.24. The van der Waals surface area contributed by atoms with Crippen LogP contribution in [-0.2, 0) is 9.59 Å². The van der Waals surface area contributed by atoms with Gasteiger partial charge in [0, 0.05) is 37.3 Å². The van der Waals surface area contributed by atoms with Crippen molar-refractivity contribution in [3.05, 3.63) is 49.8 Å². The van der Waals surface area contributed by atoms with Crippen LogP contribution in [0.4, 0.5) is 23.1 Å². The number of piperidine rings is 1. The fourth-order valence-electron chi connectivity index (χ4n) is 4.24. The maximum absolute atomic E-state index is 13.0. The molecule has 11 nitrogen and oxygen atoms in total. The summed E-state index contributed by atoms with van der Waals surface area (Å²) < 4.78 is 0. The normalized spacial score (nSPS) is 20.3. The van der Waals surface area contributed by atoms with Gasteiger partial charge in [0.1, 0.15) is 5.82 Å². The van der Waals surface area contributed by atoms with Crippen LogP contribution in [0.1, 0.15) is 43.2 Å². The number of hydrogen-bond acceptors (Lipinski definition) is 7. The largest absolute Gasteiger partial charge is 0.342 e. The second kappa shape index (κ2) is 8.40. The molecule has 0 aliphatic carbocycles. The van der Waals surface area contributed by atoms with Gasteiger partial charge in [0.25, 0.3) is 11.2 Å². The molecule has 0 bridgehead atoms. The molecule has 1 fully saturated rings. The number of aryl methyl sites for hydroxylation is 1. The predicted molar refractivity (Wildman–Crippen MR) is 118 cm³/mol. The van der Waals surface area contributed by atoms with Crippen molar-refractivity contribution in [2.45, 2.75) is 39.0 Å². The van der Waals surface area contributed by atoms with E-state index in [0.717, 1.165) is 25.9 Å². The first-order valence-electron chi connectivity index (χ1n) is 10.5. The molecule has 2 aromatic rings. The Kier molecular flexibility index (Phi) is 5.64. The number of nitro benzene ring substituents is 1. The molecule has 0 unspecified atom stereocenters. The van der Waals surface area contributed by atoms with E-state index in [4.69, 9.17) is 0 Å². The quantitative estimate of drug-likeness (QED) is 0.487. The van der Waals surface area contributed by atoms with Crippen molar-refractivity contribution in [3.8, 4) is 0 Å². The summed E-state index contributed by atoms with van der Waals surface area (Å²) >= 11 is 0. The summed E-state index contributed by atoms with van der Waals surface area (Å²) in [6.07, 6.45) is 1.89. The number of hydrogen-bond donors (Lipinski definition) is 3. The lowest BCUT2D eigenvalue weighted by Crippen LogP contribution is -2.40. The Bertz CT molecular complexity index is 1160. The number of H-pyrrole nitrogens is 1. The number of aromatic amines is 1. The first-order chi connectivity index (χ1) is 15.2. The van der Waals surface area contributed by atoms with E-state index in [0.29, 0.717) is 23.1 Å².